The van der Waals surface area contributed by atoms with Gasteiger partial charge >= 0.3 is 5.82 Å². The number of anilines is 1. The van der Waals surface area contributed by atoms with Crippen LogP contribution < -0.4 is 10.6 Å². The maximum atomic E-state index is 13.6. The Hall–Kier alpha value is -3.33. The topological polar surface area (TPSA) is 101 Å². The van der Waals surface area contributed by atoms with Gasteiger partial charge in [0.2, 0.25) is 0 Å². The molecule has 0 bridgehead atoms. The summed E-state index contributed by atoms with van der Waals surface area (Å²) in [5, 5.41) is 10.0. The molecule has 0 radical (unpaired) electrons. The molecule has 9 heteroatoms. The fourth-order valence-corrected chi connectivity index (χ4v) is 4.94. The van der Waals surface area contributed by atoms with Crippen LogP contribution in [0.3, 0.4) is 0 Å². The molecule has 0 saturated heterocycles. The third-order valence-electron chi connectivity index (χ3n) is 7.47. The number of hydrogen-bond acceptors (Lipinski definition) is 5. The first-order valence-electron chi connectivity index (χ1n) is 12.3. The van der Waals surface area contributed by atoms with E-state index in [1.807, 2.05) is 19.1 Å². The SMILES string of the molecule is CC1=[N+](c2ccc(NC(=O)/C(NC(=O)c3ccnn3C)=C(/C3CCC3)C3(C)CC3)cn2)CCOC1. The van der Waals surface area contributed by atoms with Gasteiger partial charge in [0.25, 0.3) is 11.8 Å². The summed E-state index contributed by atoms with van der Waals surface area (Å²) in [4.78, 5) is 31.3. The van der Waals surface area contributed by atoms with Crippen LogP contribution in [0.5, 0.6) is 0 Å². The van der Waals surface area contributed by atoms with Gasteiger partial charge in [0, 0.05) is 19.3 Å². The highest BCUT2D eigenvalue weighted by molar-refractivity contribution is 6.08. The van der Waals surface area contributed by atoms with Crippen molar-refractivity contribution in [1.82, 2.24) is 20.1 Å². The molecule has 0 aromatic carbocycles. The predicted molar refractivity (Wildman–Crippen MR) is 132 cm³/mol. The summed E-state index contributed by atoms with van der Waals surface area (Å²) in [6.45, 7) is 6.22. The average molecular weight is 478 g/mol. The van der Waals surface area contributed by atoms with Gasteiger partial charge in [0.15, 0.2) is 6.20 Å². The molecule has 3 aliphatic rings. The first-order chi connectivity index (χ1) is 16.9. The Morgan fingerprint density at radius 3 is 2.60 bits per heavy atom. The first-order valence-corrected chi connectivity index (χ1v) is 12.3. The molecule has 1 aliphatic heterocycles. The van der Waals surface area contributed by atoms with E-state index in [0.29, 0.717) is 36.2 Å². The first kappa shape index (κ1) is 23.4. The van der Waals surface area contributed by atoms with Gasteiger partial charge in [-0.15, -0.1) is 0 Å². The van der Waals surface area contributed by atoms with Crippen molar-refractivity contribution in [3.63, 3.8) is 0 Å². The van der Waals surface area contributed by atoms with Crippen LogP contribution in [0.2, 0.25) is 0 Å². The summed E-state index contributed by atoms with van der Waals surface area (Å²) >= 11 is 0. The minimum atomic E-state index is -0.331. The zero-order valence-electron chi connectivity index (χ0n) is 20.6. The van der Waals surface area contributed by atoms with Crippen LogP contribution in [0.4, 0.5) is 11.5 Å². The molecular formula is C26H33N6O3+. The number of hydrogen-bond donors (Lipinski definition) is 2. The number of amides is 2. The molecular weight excluding hydrogens is 444 g/mol. The van der Waals surface area contributed by atoms with Gasteiger partial charge in [-0.1, -0.05) is 13.3 Å². The molecule has 3 heterocycles. The van der Waals surface area contributed by atoms with Gasteiger partial charge in [-0.3, -0.25) is 14.3 Å². The standard InChI is InChI=1S/C26H32N6O3/c1-17-16-35-14-13-32(17)21-8-7-19(15-27-21)29-25(34)23(30-24(33)20-9-12-28-31(20)3)22(18-5-4-6-18)26(2)10-11-26/h7-9,12,15,18H,4-6,10-11,13-14,16H2,1-3H3,(H-,29,30,33,34)/p+1/b23-22+. The van der Waals surface area contributed by atoms with E-state index < -0.39 is 0 Å². The number of allylic oxidation sites excluding steroid dienone is 1. The molecule has 2 N–H and O–H groups in total. The quantitative estimate of drug-likeness (QED) is 0.471. The van der Waals surface area contributed by atoms with E-state index in [0.717, 1.165) is 55.8 Å². The minimum Gasteiger partial charge on any atom is -0.369 e. The lowest BCUT2D eigenvalue weighted by atomic mass is 9.73. The smallest absolute Gasteiger partial charge is 0.323 e. The van der Waals surface area contributed by atoms with Crippen LogP contribution in [0.1, 0.15) is 56.4 Å². The van der Waals surface area contributed by atoms with E-state index >= 15 is 0 Å². The van der Waals surface area contributed by atoms with Crippen LogP contribution >= 0.6 is 0 Å². The van der Waals surface area contributed by atoms with Crippen molar-refractivity contribution < 1.29 is 18.9 Å². The molecule has 184 valence electrons. The normalized spacial score (nSPS) is 20.1. The van der Waals surface area contributed by atoms with Crippen LogP contribution in [-0.4, -0.2) is 56.6 Å². The lowest BCUT2D eigenvalue weighted by molar-refractivity contribution is -0.460. The second kappa shape index (κ2) is 9.37. The summed E-state index contributed by atoms with van der Waals surface area (Å²) in [7, 11) is 1.72. The molecule has 2 amide bonds. The van der Waals surface area contributed by atoms with Gasteiger partial charge in [-0.05, 0) is 66.6 Å². The number of rotatable bonds is 7. The zero-order valence-corrected chi connectivity index (χ0v) is 20.6. The molecule has 5 rings (SSSR count). The second-order valence-corrected chi connectivity index (χ2v) is 10.1. The molecule has 0 spiro atoms. The molecule has 2 saturated carbocycles. The summed E-state index contributed by atoms with van der Waals surface area (Å²) in [6.07, 6.45) is 8.56. The highest BCUT2D eigenvalue weighted by Gasteiger charge is 2.47. The number of nitrogens with zero attached hydrogens (tertiary/aromatic N) is 4. The van der Waals surface area contributed by atoms with Crippen molar-refractivity contribution in [3.8, 4) is 0 Å². The highest BCUT2D eigenvalue weighted by atomic mass is 16.5. The Kier molecular flexibility index (Phi) is 6.27. The van der Waals surface area contributed by atoms with Crippen molar-refractivity contribution in [1.29, 1.82) is 0 Å². The predicted octanol–water partition coefficient (Wildman–Crippen LogP) is 3.17. The third kappa shape index (κ3) is 4.77. The number of aryl methyl sites for hydroxylation is 1. The largest absolute Gasteiger partial charge is 0.369 e. The number of nitrogens with one attached hydrogen (secondary N) is 2. The monoisotopic (exact) mass is 477 g/mol. The maximum absolute atomic E-state index is 13.6. The average Bonchev–Trinajstić information content (AvgIpc) is 3.41. The van der Waals surface area contributed by atoms with E-state index in [-0.39, 0.29) is 17.2 Å². The van der Waals surface area contributed by atoms with Gasteiger partial charge in [-0.2, -0.15) is 5.10 Å². The van der Waals surface area contributed by atoms with Gasteiger partial charge in [0.1, 0.15) is 30.3 Å². The van der Waals surface area contributed by atoms with Crippen molar-refractivity contribution in [2.75, 3.05) is 25.1 Å². The molecule has 2 aliphatic carbocycles. The summed E-state index contributed by atoms with van der Waals surface area (Å²) in [5.74, 6) is 0.516. The van der Waals surface area contributed by atoms with Crippen molar-refractivity contribution >= 4 is 29.0 Å². The van der Waals surface area contributed by atoms with Crippen molar-refractivity contribution in [2.45, 2.75) is 46.0 Å². The van der Waals surface area contributed by atoms with E-state index in [1.165, 1.54) is 4.68 Å². The Labute approximate surface area is 205 Å². The van der Waals surface area contributed by atoms with Crippen LogP contribution in [-0.2, 0) is 16.6 Å². The van der Waals surface area contributed by atoms with Crippen molar-refractivity contribution in [3.05, 3.63) is 47.6 Å². The minimum absolute atomic E-state index is 0.0384. The number of carbonyl (C=O) groups is 2. The van der Waals surface area contributed by atoms with Crippen LogP contribution in [0, 0.1) is 11.3 Å². The Morgan fingerprint density at radius 2 is 2.03 bits per heavy atom. The van der Waals surface area contributed by atoms with Gasteiger partial charge in [-0.25, -0.2) is 4.58 Å². The van der Waals surface area contributed by atoms with Crippen molar-refractivity contribution in [2.24, 2.45) is 18.4 Å². The Morgan fingerprint density at radius 1 is 1.23 bits per heavy atom. The zero-order chi connectivity index (χ0) is 24.6. The fraction of sp³-hybridized carbons (Fsp3) is 0.500. The number of pyridine rings is 1. The lowest BCUT2D eigenvalue weighted by Crippen LogP contribution is -2.36. The second-order valence-electron chi connectivity index (χ2n) is 10.1. The summed E-state index contributed by atoms with van der Waals surface area (Å²) < 4.78 is 9.12. The summed E-state index contributed by atoms with van der Waals surface area (Å²) in [5.41, 5.74) is 3.52. The molecule has 2 aromatic heterocycles. The van der Waals surface area contributed by atoms with E-state index in [4.69, 9.17) is 4.74 Å². The Bertz CT molecular complexity index is 1200. The molecule has 9 nitrogen and oxygen atoms in total. The maximum Gasteiger partial charge on any atom is 0.323 e. The van der Waals surface area contributed by atoms with Crippen LogP contribution in [0.15, 0.2) is 41.9 Å². The van der Waals surface area contributed by atoms with E-state index in [9.17, 15) is 9.59 Å². The molecule has 35 heavy (non-hydrogen) atoms. The lowest BCUT2D eigenvalue weighted by Gasteiger charge is -2.34. The fourth-order valence-electron chi connectivity index (χ4n) is 4.94. The molecule has 0 unspecified atom stereocenters. The van der Waals surface area contributed by atoms with E-state index in [1.54, 1.807) is 25.5 Å². The van der Waals surface area contributed by atoms with Crippen LogP contribution in [0.25, 0.3) is 0 Å². The number of ether oxygens (including phenoxy) is 1. The number of carbonyl (C=O) groups excluding carboxylic acids is 2. The van der Waals surface area contributed by atoms with Gasteiger partial charge < -0.3 is 15.4 Å². The molecule has 0 atom stereocenters. The Balaban J connectivity index is 1.43. The van der Waals surface area contributed by atoms with Gasteiger partial charge in [0.05, 0.1) is 12.3 Å². The third-order valence-corrected chi connectivity index (χ3v) is 7.47. The summed E-state index contributed by atoms with van der Waals surface area (Å²) in [6, 6.07) is 5.41. The molecule has 2 aromatic rings. The molecule has 2 fully saturated rings. The van der Waals surface area contributed by atoms with E-state index in [2.05, 4.69) is 32.2 Å². The highest BCUT2D eigenvalue weighted by Crippen LogP contribution is 2.57. The number of aromatic nitrogens is 3.